The summed E-state index contributed by atoms with van der Waals surface area (Å²) in [5.41, 5.74) is 2.57. The number of unbranched alkanes of at least 4 members (excludes halogenated alkanes) is 6. The molecule has 1 N–H and O–H groups in total. The van der Waals surface area contributed by atoms with Crippen LogP contribution >= 0.6 is 11.3 Å². The minimum absolute atomic E-state index is 0.0152. The van der Waals surface area contributed by atoms with Gasteiger partial charge in [0.15, 0.2) is 0 Å². The van der Waals surface area contributed by atoms with Crippen LogP contribution < -0.4 is 5.43 Å². The number of carbonyl (C=O) groups is 1. The van der Waals surface area contributed by atoms with Crippen molar-refractivity contribution in [2.24, 2.45) is 5.10 Å². The van der Waals surface area contributed by atoms with Gasteiger partial charge in [0, 0.05) is 11.3 Å². The van der Waals surface area contributed by atoms with Gasteiger partial charge < -0.3 is 0 Å². The highest BCUT2D eigenvalue weighted by atomic mass is 32.1. The largest absolute Gasteiger partial charge is 0.273 e. The van der Waals surface area contributed by atoms with Crippen molar-refractivity contribution in [3.05, 3.63) is 22.4 Å². The molecule has 1 aromatic heterocycles. The predicted octanol–water partition coefficient (Wildman–Crippen LogP) is 4.34. The molecule has 0 spiro atoms. The molecule has 0 atom stereocenters. The van der Waals surface area contributed by atoms with Crippen molar-refractivity contribution in [1.29, 1.82) is 0 Å². The Morgan fingerprint density at radius 1 is 1.26 bits per heavy atom. The van der Waals surface area contributed by atoms with Crippen molar-refractivity contribution in [1.82, 2.24) is 5.43 Å². The first kappa shape index (κ1) is 15.9. The van der Waals surface area contributed by atoms with Gasteiger partial charge in [0.05, 0.1) is 6.21 Å². The number of hydrogen-bond donors (Lipinski definition) is 1. The number of nitrogens with one attached hydrogen (secondary N) is 1. The van der Waals surface area contributed by atoms with Gasteiger partial charge in [-0.05, 0) is 17.9 Å². The quantitative estimate of drug-likeness (QED) is 0.386. The second-order valence-electron chi connectivity index (χ2n) is 4.68. The van der Waals surface area contributed by atoms with E-state index >= 15 is 0 Å². The number of carbonyl (C=O) groups excluding carboxylic acids is 1. The molecule has 0 aliphatic rings. The molecule has 1 heterocycles. The van der Waals surface area contributed by atoms with Crippen molar-refractivity contribution in [2.45, 2.75) is 58.3 Å². The smallest absolute Gasteiger partial charge is 0.240 e. The molecular weight excluding hydrogens is 256 g/mol. The molecule has 1 amide bonds. The van der Waals surface area contributed by atoms with Crippen LogP contribution in [0.25, 0.3) is 0 Å². The lowest BCUT2D eigenvalue weighted by Gasteiger charge is -2.01. The fourth-order valence-electron chi connectivity index (χ4n) is 1.83. The Bertz CT molecular complexity index is 360. The maximum absolute atomic E-state index is 11.5. The summed E-state index contributed by atoms with van der Waals surface area (Å²) in [5.74, 6) is 0.0152. The minimum atomic E-state index is 0.0152. The third-order valence-electron chi connectivity index (χ3n) is 2.93. The van der Waals surface area contributed by atoms with Crippen LogP contribution in [0.2, 0.25) is 0 Å². The van der Waals surface area contributed by atoms with E-state index in [4.69, 9.17) is 0 Å². The van der Waals surface area contributed by atoms with Crippen LogP contribution in [0.15, 0.2) is 22.6 Å². The summed E-state index contributed by atoms with van der Waals surface area (Å²) in [5, 5.41) is 5.93. The number of amides is 1. The molecule has 0 aliphatic carbocycles. The Morgan fingerprint density at radius 3 is 2.68 bits per heavy atom. The van der Waals surface area contributed by atoms with Gasteiger partial charge in [-0.25, -0.2) is 5.43 Å². The van der Waals surface area contributed by atoms with Crippen molar-refractivity contribution < 1.29 is 4.79 Å². The van der Waals surface area contributed by atoms with Crippen molar-refractivity contribution >= 4 is 23.5 Å². The lowest BCUT2D eigenvalue weighted by Crippen LogP contribution is -2.16. The van der Waals surface area contributed by atoms with Crippen molar-refractivity contribution in [3.8, 4) is 0 Å². The van der Waals surface area contributed by atoms with Gasteiger partial charge in [-0.15, -0.1) is 11.3 Å². The van der Waals surface area contributed by atoms with Crippen LogP contribution in [-0.2, 0) is 4.79 Å². The Kier molecular flexibility index (Phi) is 8.98. The monoisotopic (exact) mass is 280 g/mol. The summed E-state index contributed by atoms with van der Waals surface area (Å²) in [7, 11) is 0. The number of thiophene rings is 1. The van der Waals surface area contributed by atoms with E-state index < -0.39 is 0 Å². The zero-order chi connectivity index (χ0) is 13.8. The molecule has 0 saturated carbocycles. The van der Waals surface area contributed by atoms with Crippen LogP contribution in [0.4, 0.5) is 0 Å². The van der Waals surface area contributed by atoms with E-state index in [2.05, 4.69) is 17.5 Å². The number of nitrogens with zero attached hydrogens (tertiary/aromatic N) is 1. The molecule has 0 unspecified atom stereocenters. The highest BCUT2D eigenvalue weighted by Gasteiger charge is 1.99. The van der Waals surface area contributed by atoms with Crippen LogP contribution in [-0.4, -0.2) is 12.1 Å². The first-order valence-corrected chi connectivity index (χ1v) is 8.06. The van der Waals surface area contributed by atoms with E-state index in [1.165, 1.54) is 32.1 Å². The summed E-state index contributed by atoms with van der Waals surface area (Å²) in [4.78, 5) is 12.5. The van der Waals surface area contributed by atoms with Gasteiger partial charge in [-0.2, -0.15) is 5.10 Å². The molecule has 0 aromatic carbocycles. The molecule has 1 rings (SSSR count). The van der Waals surface area contributed by atoms with Crippen LogP contribution in [0.1, 0.15) is 63.2 Å². The minimum Gasteiger partial charge on any atom is -0.273 e. The summed E-state index contributed by atoms with van der Waals surface area (Å²) >= 11 is 1.60. The second-order valence-corrected chi connectivity index (χ2v) is 5.66. The van der Waals surface area contributed by atoms with Crippen LogP contribution in [0.3, 0.4) is 0 Å². The van der Waals surface area contributed by atoms with E-state index in [-0.39, 0.29) is 5.91 Å². The zero-order valence-corrected chi connectivity index (χ0v) is 12.5. The maximum atomic E-state index is 11.5. The fraction of sp³-hybridized carbons (Fsp3) is 0.600. The molecule has 0 bridgehead atoms. The molecule has 0 radical (unpaired) electrons. The number of rotatable bonds is 10. The SMILES string of the molecule is CCCCCCCCCC(=O)N/N=C/c1cccs1. The predicted molar refractivity (Wildman–Crippen MR) is 82.7 cm³/mol. The van der Waals surface area contributed by atoms with E-state index in [1.54, 1.807) is 17.6 Å². The van der Waals surface area contributed by atoms with Gasteiger partial charge in [0.25, 0.3) is 0 Å². The number of hydrazone groups is 1. The molecule has 1 aromatic rings. The summed E-state index contributed by atoms with van der Waals surface area (Å²) < 4.78 is 0. The summed E-state index contributed by atoms with van der Waals surface area (Å²) in [6.45, 7) is 2.22. The summed E-state index contributed by atoms with van der Waals surface area (Å²) in [6.07, 6.45) is 10.9. The average Bonchev–Trinajstić information content (AvgIpc) is 2.91. The normalized spacial score (nSPS) is 11.0. The fourth-order valence-corrected chi connectivity index (χ4v) is 2.42. The van der Waals surface area contributed by atoms with Gasteiger partial charge in [0.1, 0.15) is 0 Å². The van der Waals surface area contributed by atoms with E-state index in [0.717, 1.165) is 17.7 Å². The Balaban J connectivity index is 1.96. The van der Waals surface area contributed by atoms with Gasteiger partial charge >= 0.3 is 0 Å². The van der Waals surface area contributed by atoms with Gasteiger partial charge in [-0.1, -0.05) is 51.5 Å². The standard InChI is InChI=1S/C15H24N2OS/c1-2-3-4-5-6-7-8-11-15(18)17-16-13-14-10-9-12-19-14/h9-10,12-13H,2-8,11H2,1H3,(H,17,18)/b16-13+. The highest BCUT2D eigenvalue weighted by molar-refractivity contribution is 7.11. The van der Waals surface area contributed by atoms with Gasteiger partial charge in [0.2, 0.25) is 5.91 Å². The van der Waals surface area contributed by atoms with Crippen molar-refractivity contribution in [3.63, 3.8) is 0 Å². The third-order valence-corrected chi connectivity index (χ3v) is 3.74. The van der Waals surface area contributed by atoms with E-state index in [0.29, 0.717) is 6.42 Å². The van der Waals surface area contributed by atoms with Crippen LogP contribution in [0.5, 0.6) is 0 Å². The molecule has 106 valence electrons. The average molecular weight is 280 g/mol. The Labute approximate surface area is 120 Å². The molecule has 0 fully saturated rings. The molecule has 0 saturated heterocycles. The van der Waals surface area contributed by atoms with Crippen molar-refractivity contribution in [2.75, 3.05) is 0 Å². The topological polar surface area (TPSA) is 41.5 Å². The van der Waals surface area contributed by atoms with Crippen LogP contribution in [0, 0.1) is 0 Å². The Hall–Kier alpha value is -1.16. The number of hydrogen-bond acceptors (Lipinski definition) is 3. The zero-order valence-electron chi connectivity index (χ0n) is 11.7. The lowest BCUT2D eigenvalue weighted by atomic mass is 10.1. The maximum Gasteiger partial charge on any atom is 0.240 e. The third kappa shape index (κ3) is 8.54. The molecule has 3 nitrogen and oxygen atoms in total. The molecular formula is C15H24N2OS. The lowest BCUT2D eigenvalue weighted by molar-refractivity contribution is -0.121. The first-order chi connectivity index (χ1) is 9.33. The Morgan fingerprint density at radius 2 is 2.00 bits per heavy atom. The molecule has 4 heteroatoms. The first-order valence-electron chi connectivity index (χ1n) is 7.18. The van der Waals surface area contributed by atoms with E-state index in [1.807, 2.05) is 17.5 Å². The molecule has 19 heavy (non-hydrogen) atoms. The summed E-state index contributed by atoms with van der Waals surface area (Å²) in [6, 6.07) is 3.93. The molecule has 0 aliphatic heterocycles. The van der Waals surface area contributed by atoms with Gasteiger partial charge in [-0.3, -0.25) is 4.79 Å². The van der Waals surface area contributed by atoms with E-state index in [9.17, 15) is 4.79 Å². The highest BCUT2D eigenvalue weighted by Crippen LogP contribution is 2.08. The second kappa shape index (κ2) is 10.7.